The number of likely N-dealkylation sites (tertiary alicyclic amines) is 1. The van der Waals surface area contributed by atoms with E-state index >= 15 is 0 Å². The summed E-state index contributed by atoms with van der Waals surface area (Å²) in [5.74, 6) is -1.14. The van der Waals surface area contributed by atoms with Crippen LogP contribution in [-0.4, -0.2) is 35.7 Å². The molecule has 5 heteroatoms. The summed E-state index contributed by atoms with van der Waals surface area (Å²) < 4.78 is 0. The third kappa shape index (κ3) is 2.30. The number of hydrogen-bond acceptors (Lipinski definition) is 3. The maximum absolute atomic E-state index is 12.1. The fourth-order valence-corrected chi connectivity index (χ4v) is 2.49. The van der Waals surface area contributed by atoms with Gasteiger partial charge >= 0.3 is 0 Å². The molecule has 1 fully saturated rings. The lowest BCUT2D eigenvalue weighted by Gasteiger charge is -2.14. The summed E-state index contributed by atoms with van der Waals surface area (Å²) in [6.07, 6.45) is 5.94. The van der Waals surface area contributed by atoms with Crippen LogP contribution in [0.1, 0.15) is 26.2 Å². The maximum Gasteiger partial charge on any atom is 0.240 e. The maximum atomic E-state index is 12.1. The number of amides is 3. The van der Waals surface area contributed by atoms with E-state index in [1.54, 1.807) is 0 Å². The molecule has 0 spiro atoms. The minimum Gasteiger partial charge on any atom is -0.355 e. The third-order valence-electron chi connectivity index (χ3n) is 3.47. The van der Waals surface area contributed by atoms with Crippen molar-refractivity contribution in [2.45, 2.75) is 26.2 Å². The molecule has 98 valence electrons. The van der Waals surface area contributed by atoms with Crippen molar-refractivity contribution in [1.29, 1.82) is 0 Å². The zero-order valence-electron chi connectivity index (χ0n) is 10.5. The molecule has 0 saturated carbocycles. The van der Waals surface area contributed by atoms with Crippen LogP contribution in [0.2, 0.25) is 0 Å². The van der Waals surface area contributed by atoms with Gasteiger partial charge in [-0.25, -0.2) is 0 Å². The van der Waals surface area contributed by atoms with E-state index in [2.05, 4.69) is 5.32 Å². The minimum absolute atomic E-state index is 0.134. The van der Waals surface area contributed by atoms with E-state index in [0.29, 0.717) is 19.4 Å². The largest absolute Gasteiger partial charge is 0.355 e. The van der Waals surface area contributed by atoms with Crippen molar-refractivity contribution in [2.75, 3.05) is 13.1 Å². The van der Waals surface area contributed by atoms with Gasteiger partial charge < -0.3 is 5.32 Å². The second-order valence-electron chi connectivity index (χ2n) is 4.77. The third-order valence-corrected chi connectivity index (χ3v) is 3.47. The summed E-state index contributed by atoms with van der Waals surface area (Å²) >= 11 is 0. The quantitative estimate of drug-likeness (QED) is 0.582. The summed E-state index contributed by atoms with van der Waals surface area (Å²) in [5, 5.41) is 2.68. The Labute approximate surface area is 106 Å². The first kappa shape index (κ1) is 12.8. The highest BCUT2D eigenvalue weighted by Gasteiger charge is 2.47. The van der Waals surface area contributed by atoms with E-state index in [-0.39, 0.29) is 36.1 Å². The molecule has 1 aliphatic carbocycles. The smallest absolute Gasteiger partial charge is 0.240 e. The van der Waals surface area contributed by atoms with Gasteiger partial charge in [0.25, 0.3) is 0 Å². The van der Waals surface area contributed by atoms with E-state index < -0.39 is 0 Å². The van der Waals surface area contributed by atoms with Gasteiger partial charge in [0.1, 0.15) is 6.54 Å². The monoisotopic (exact) mass is 250 g/mol. The van der Waals surface area contributed by atoms with Crippen LogP contribution in [0, 0.1) is 11.8 Å². The Bertz CT molecular complexity index is 377. The molecule has 0 aromatic carbocycles. The first-order valence-corrected chi connectivity index (χ1v) is 6.42. The van der Waals surface area contributed by atoms with Crippen LogP contribution in [0.15, 0.2) is 12.2 Å². The molecule has 0 aromatic heterocycles. The molecule has 3 amide bonds. The van der Waals surface area contributed by atoms with E-state index in [4.69, 9.17) is 0 Å². The number of nitrogens with one attached hydrogen (secondary N) is 1. The van der Waals surface area contributed by atoms with Crippen LogP contribution in [-0.2, 0) is 14.4 Å². The predicted molar refractivity (Wildman–Crippen MR) is 65.4 cm³/mol. The van der Waals surface area contributed by atoms with Crippen LogP contribution in [0.5, 0.6) is 0 Å². The molecule has 2 rings (SSSR count). The van der Waals surface area contributed by atoms with Crippen molar-refractivity contribution in [3.63, 3.8) is 0 Å². The zero-order valence-corrected chi connectivity index (χ0v) is 10.5. The molecule has 0 aromatic rings. The van der Waals surface area contributed by atoms with Gasteiger partial charge in [-0.15, -0.1) is 0 Å². The van der Waals surface area contributed by atoms with Crippen molar-refractivity contribution in [3.8, 4) is 0 Å². The fourth-order valence-electron chi connectivity index (χ4n) is 2.49. The number of carbonyl (C=O) groups is 3. The van der Waals surface area contributed by atoms with Crippen molar-refractivity contribution < 1.29 is 14.4 Å². The van der Waals surface area contributed by atoms with Gasteiger partial charge in [0, 0.05) is 6.54 Å². The summed E-state index contributed by atoms with van der Waals surface area (Å²) in [7, 11) is 0. The SMILES string of the molecule is CCCNC(=O)CN1C(=O)[C@H]2CC=CC[C@@H]2C1=O. The number of allylic oxidation sites excluding steroid dienone is 2. The van der Waals surface area contributed by atoms with E-state index in [9.17, 15) is 14.4 Å². The Morgan fingerprint density at radius 1 is 1.28 bits per heavy atom. The Morgan fingerprint density at radius 2 is 1.83 bits per heavy atom. The molecule has 18 heavy (non-hydrogen) atoms. The van der Waals surface area contributed by atoms with Gasteiger partial charge in [-0.1, -0.05) is 19.1 Å². The van der Waals surface area contributed by atoms with Crippen molar-refractivity contribution >= 4 is 17.7 Å². The topological polar surface area (TPSA) is 66.5 Å². The second kappa shape index (κ2) is 5.33. The molecule has 1 saturated heterocycles. The Hall–Kier alpha value is -1.65. The second-order valence-corrected chi connectivity index (χ2v) is 4.77. The molecule has 2 aliphatic rings. The van der Waals surface area contributed by atoms with Gasteiger partial charge in [0.05, 0.1) is 11.8 Å². The highest BCUT2D eigenvalue weighted by atomic mass is 16.2. The number of hydrogen-bond donors (Lipinski definition) is 1. The van der Waals surface area contributed by atoms with Crippen molar-refractivity contribution in [2.24, 2.45) is 11.8 Å². The average molecular weight is 250 g/mol. The van der Waals surface area contributed by atoms with Gasteiger partial charge in [-0.05, 0) is 19.3 Å². The summed E-state index contributed by atoms with van der Waals surface area (Å²) in [6.45, 7) is 2.39. The highest BCUT2D eigenvalue weighted by molar-refractivity contribution is 6.07. The Balaban J connectivity index is 2.00. The molecular weight excluding hydrogens is 232 g/mol. The molecule has 0 radical (unpaired) electrons. The molecular formula is C13H18N2O3. The standard InChI is InChI=1S/C13H18N2O3/c1-2-7-14-11(16)8-15-12(17)9-5-3-4-6-10(9)13(15)18/h3-4,9-10H,2,5-8H2,1H3,(H,14,16)/t9-,10-/m0/s1. The number of imide groups is 1. The normalized spacial score (nSPS) is 26.4. The Morgan fingerprint density at radius 3 is 2.33 bits per heavy atom. The zero-order chi connectivity index (χ0) is 13.1. The van der Waals surface area contributed by atoms with Crippen LogP contribution in [0.25, 0.3) is 0 Å². The number of carbonyl (C=O) groups excluding carboxylic acids is 3. The lowest BCUT2D eigenvalue weighted by molar-refractivity contribution is -0.143. The van der Waals surface area contributed by atoms with Crippen LogP contribution >= 0.6 is 0 Å². The minimum atomic E-state index is -0.259. The van der Waals surface area contributed by atoms with Gasteiger partial charge in [-0.3, -0.25) is 19.3 Å². The van der Waals surface area contributed by atoms with Crippen molar-refractivity contribution in [3.05, 3.63) is 12.2 Å². The van der Waals surface area contributed by atoms with Crippen LogP contribution < -0.4 is 5.32 Å². The van der Waals surface area contributed by atoms with Gasteiger partial charge in [0.2, 0.25) is 17.7 Å². The average Bonchev–Trinajstić information content (AvgIpc) is 2.62. The first-order valence-electron chi connectivity index (χ1n) is 6.42. The number of fused-ring (bicyclic) bond motifs is 1. The van der Waals surface area contributed by atoms with E-state index in [1.807, 2.05) is 19.1 Å². The predicted octanol–water partition coefficient (Wildman–Crippen LogP) is 0.464. The summed E-state index contributed by atoms with van der Waals surface area (Å²) in [6, 6.07) is 0. The molecule has 1 aliphatic heterocycles. The Kier molecular flexibility index (Phi) is 3.79. The summed E-state index contributed by atoms with van der Waals surface area (Å²) in [5.41, 5.74) is 0. The highest BCUT2D eigenvalue weighted by Crippen LogP contribution is 2.34. The number of nitrogens with zero attached hydrogens (tertiary/aromatic N) is 1. The van der Waals surface area contributed by atoms with Gasteiger partial charge in [0.15, 0.2) is 0 Å². The summed E-state index contributed by atoms with van der Waals surface area (Å²) in [4.78, 5) is 36.8. The van der Waals surface area contributed by atoms with Gasteiger partial charge in [-0.2, -0.15) is 0 Å². The molecule has 0 bridgehead atoms. The fraction of sp³-hybridized carbons (Fsp3) is 0.615. The van der Waals surface area contributed by atoms with E-state index in [0.717, 1.165) is 11.3 Å². The van der Waals surface area contributed by atoms with Crippen molar-refractivity contribution in [1.82, 2.24) is 10.2 Å². The molecule has 2 atom stereocenters. The lowest BCUT2D eigenvalue weighted by Crippen LogP contribution is -2.41. The first-order chi connectivity index (χ1) is 8.65. The molecule has 1 N–H and O–H groups in total. The number of rotatable bonds is 4. The molecule has 0 unspecified atom stereocenters. The molecule has 1 heterocycles. The molecule has 5 nitrogen and oxygen atoms in total. The van der Waals surface area contributed by atoms with E-state index in [1.165, 1.54) is 0 Å². The van der Waals surface area contributed by atoms with Crippen LogP contribution in [0.4, 0.5) is 0 Å². The lowest BCUT2D eigenvalue weighted by atomic mass is 9.85. The van der Waals surface area contributed by atoms with Crippen LogP contribution in [0.3, 0.4) is 0 Å².